The summed E-state index contributed by atoms with van der Waals surface area (Å²) in [6.07, 6.45) is -3.64. The van der Waals surface area contributed by atoms with Crippen LogP contribution in [-0.4, -0.2) is 15.8 Å². The third-order valence-corrected chi connectivity index (χ3v) is 2.66. The number of nitrogens with zero attached hydrogens (tertiary/aromatic N) is 1. The lowest BCUT2D eigenvalue weighted by atomic mass is 10.2. The summed E-state index contributed by atoms with van der Waals surface area (Å²) in [4.78, 5) is 3.98. The van der Waals surface area contributed by atoms with Gasteiger partial charge in [-0.25, -0.2) is 0 Å². The van der Waals surface area contributed by atoms with Gasteiger partial charge in [0.2, 0.25) is 0 Å². The average Bonchev–Trinajstić information content (AvgIpc) is 2.17. The molecule has 0 aliphatic rings. The van der Waals surface area contributed by atoms with Crippen LogP contribution < -0.4 is 0 Å². The van der Waals surface area contributed by atoms with Crippen molar-refractivity contribution in [2.24, 2.45) is 0 Å². The van der Waals surface area contributed by atoms with Gasteiger partial charge in [-0.3, -0.25) is 4.98 Å². The van der Waals surface area contributed by atoms with Crippen LogP contribution in [0.25, 0.3) is 0 Å². The Hall–Kier alpha value is -0.750. The molecule has 15 heavy (non-hydrogen) atoms. The number of rotatable bonds is 3. The van der Waals surface area contributed by atoms with Crippen LogP contribution in [0.4, 0.5) is 13.2 Å². The molecule has 0 aliphatic heterocycles. The molecule has 1 aromatic heterocycles. The zero-order valence-corrected chi connectivity index (χ0v) is 8.82. The number of pyridine rings is 1. The van der Waals surface area contributed by atoms with Gasteiger partial charge in [0.05, 0.1) is 17.9 Å². The van der Waals surface area contributed by atoms with Crippen molar-refractivity contribution in [2.75, 3.05) is 5.75 Å². The molecule has 84 valence electrons. The summed E-state index contributed by atoms with van der Waals surface area (Å²) >= 11 is 1.23. The molecule has 0 fully saturated rings. The summed E-state index contributed by atoms with van der Waals surface area (Å²) in [6.45, 7) is 1.48. The summed E-state index contributed by atoms with van der Waals surface area (Å²) in [7, 11) is 0. The molecule has 1 heterocycles. The van der Waals surface area contributed by atoms with Crippen LogP contribution in [0.15, 0.2) is 17.2 Å². The topological polar surface area (TPSA) is 33.1 Å². The molecule has 1 N–H and O–H groups in total. The summed E-state index contributed by atoms with van der Waals surface area (Å²) in [5.74, 6) is 0.635. The number of halogens is 3. The molecular formula is C9H10F3NOS. The van der Waals surface area contributed by atoms with Crippen molar-refractivity contribution in [1.82, 2.24) is 4.98 Å². The van der Waals surface area contributed by atoms with E-state index in [-0.39, 0.29) is 12.3 Å². The molecule has 0 aliphatic carbocycles. The molecule has 0 amide bonds. The standard InChI is InChI=1S/C9H10F3NOS/c1-2-15-8-3-6(9(10,11)12)4-13-7(8)5-14/h3-4,14H,2,5H2,1H3. The third-order valence-electron chi connectivity index (χ3n) is 1.71. The second-order valence-corrected chi connectivity index (χ2v) is 4.06. The lowest BCUT2D eigenvalue weighted by Crippen LogP contribution is -2.07. The zero-order chi connectivity index (χ0) is 11.5. The zero-order valence-electron chi connectivity index (χ0n) is 8.01. The summed E-state index contributed by atoms with van der Waals surface area (Å²) < 4.78 is 37.0. The molecule has 0 radical (unpaired) electrons. The van der Waals surface area contributed by atoms with Gasteiger partial charge in [-0.1, -0.05) is 6.92 Å². The van der Waals surface area contributed by atoms with Gasteiger partial charge in [-0.2, -0.15) is 13.2 Å². The molecular weight excluding hydrogens is 227 g/mol. The van der Waals surface area contributed by atoms with Crippen molar-refractivity contribution in [1.29, 1.82) is 0 Å². The number of aliphatic hydroxyl groups excluding tert-OH is 1. The minimum atomic E-state index is -4.38. The first-order valence-electron chi connectivity index (χ1n) is 4.28. The Kier molecular flexibility index (Phi) is 3.98. The smallest absolute Gasteiger partial charge is 0.390 e. The Balaban J connectivity index is 3.10. The first kappa shape index (κ1) is 12.3. The van der Waals surface area contributed by atoms with E-state index in [1.807, 2.05) is 6.92 Å². The second-order valence-electron chi connectivity index (χ2n) is 2.76. The Morgan fingerprint density at radius 2 is 2.13 bits per heavy atom. The summed E-state index contributed by atoms with van der Waals surface area (Å²) in [6, 6.07) is 1.02. The first-order valence-corrected chi connectivity index (χ1v) is 5.27. The number of alkyl halides is 3. The molecule has 0 aromatic carbocycles. The fourth-order valence-electron chi connectivity index (χ4n) is 1.03. The predicted octanol–water partition coefficient (Wildman–Crippen LogP) is 2.70. The van der Waals surface area contributed by atoms with E-state index >= 15 is 0 Å². The van der Waals surface area contributed by atoms with Gasteiger partial charge in [0.1, 0.15) is 0 Å². The van der Waals surface area contributed by atoms with E-state index in [9.17, 15) is 13.2 Å². The SMILES string of the molecule is CCSc1cc(C(F)(F)F)cnc1CO. The number of thioether (sulfide) groups is 1. The van der Waals surface area contributed by atoms with Crippen LogP contribution in [0.2, 0.25) is 0 Å². The van der Waals surface area contributed by atoms with Crippen LogP contribution in [0.5, 0.6) is 0 Å². The van der Waals surface area contributed by atoms with Gasteiger partial charge in [0.25, 0.3) is 0 Å². The van der Waals surface area contributed by atoms with Crippen molar-refractivity contribution in [3.8, 4) is 0 Å². The predicted molar refractivity (Wildman–Crippen MR) is 51.6 cm³/mol. The molecule has 0 atom stereocenters. The first-order chi connectivity index (χ1) is 6.99. The highest BCUT2D eigenvalue weighted by Gasteiger charge is 2.31. The summed E-state index contributed by atoms with van der Waals surface area (Å²) in [5.41, 5.74) is -0.495. The van der Waals surface area contributed by atoms with Crippen molar-refractivity contribution >= 4 is 11.8 Å². The minimum Gasteiger partial charge on any atom is -0.390 e. The Labute approximate surface area is 89.5 Å². The van der Waals surface area contributed by atoms with Crippen LogP contribution in [0.1, 0.15) is 18.2 Å². The number of hydrogen-bond donors (Lipinski definition) is 1. The highest BCUT2D eigenvalue weighted by molar-refractivity contribution is 7.99. The fourth-order valence-corrected chi connectivity index (χ4v) is 1.83. The Morgan fingerprint density at radius 3 is 2.60 bits per heavy atom. The lowest BCUT2D eigenvalue weighted by Gasteiger charge is -2.10. The molecule has 2 nitrogen and oxygen atoms in total. The molecule has 0 unspecified atom stereocenters. The van der Waals surface area contributed by atoms with Gasteiger partial charge in [0.15, 0.2) is 0 Å². The van der Waals surface area contributed by atoms with Crippen molar-refractivity contribution in [2.45, 2.75) is 24.6 Å². The molecule has 0 saturated carbocycles. The third kappa shape index (κ3) is 3.10. The van der Waals surface area contributed by atoms with Crippen molar-refractivity contribution in [3.63, 3.8) is 0 Å². The van der Waals surface area contributed by atoms with Gasteiger partial charge < -0.3 is 5.11 Å². The monoisotopic (exact) mass is 237 g/mol. The number of aliphatic hydroxyl groups is 1. The maximum atomic E-state index is 12.3. The fraction of sp³-hybridized carbons (Fsp3) is 0.444. The van der Waals surface area contributed by atoms with E-state index < -0.39 is 11.7 Å². The Morgan fingerprint density at radius 1 is 1.47 bits per heavy atom. The average molecular weight is 237 g/mol. The van der Waals surface area contributed by atoms with Crippen LogP contribution >= 0.6 is 11.8 Å². The van der Waals surface area contributed by atoms with Crippen LogP contribution in [0.3, 0.4) is 0 Å². The van der Waals surface area contributed by atoms with E-state index in [0.29, 0.717) is 10.6 Å². The van der Waals surface area contributed by atoms with Crippen molar-refractivity contribution < 1.29 is 18.3 Å². The molecule has 0 saturated heterocycles. The largest absolute Gasteiger partial charge is 0.417 e. The summed E-state index contributed by atoms with van der Waals surface area (Å²) in [5, 5.41) is 8.88. The van der Waals surface area contributed by atoms with Gasteiger partial charge in [-0.15, -0.1) is 11.8 Å². The van der Waals surface area contributed by atoms with E-state index in [1.54, 1.807) is 0 Å². The second kappa shape index (κ2) is 4.85. The maximum Gasteiger partial charge on any atom is 0.417 e. The van der Waals surface area contributed by atoms with E-state index in [4.69, 9.17) is 5.11 Å². The van der Waals surface area contributed by atoms with Crippen molar-refractivity contribution in [3.05, 3.63) is 23.5 Å². The van der Waals surface area contributed by atoms with E-state index in [2.05, 4.69) is 4.98 Å². The van der Waals surface area contributed by atoms with Gasteiger partial charge >= 0.3 is 6.18 Å². The minimum absolute atomic E-state index is 0.287. The molecule has 0 spiro atoms. The number of hydrogen-bond acceptors (Lipinski definition) is 3. The lowest BCUT2D eigenvalue weighted by molar-refractivity contribution is -0.138. The molecule has 0 bridgehead atoms. The normalized spacial score (nSPS) is 11.8. The van der Waals surface area contributed by atoms with Gasteiger partial charge in [-0.05, 0) is 11.8 Å². The molecule has 6 heteroatoms. The number of aromatic nitrogens is 1. The van der Waals surface area contributed by atoms with Crippen LogP contribution in [-0.2, 0) is 12.8 Å². The van der Waals surface area contributed by atoms with Crippen LogP contribution in [0, 0.1) is 0 Å². The highest BCUT2D eigenvalue weighted by Crippen LogP contribution is 2.32. The molecule has 1 aromatic rings. The van der Waals surface area contributed by atoms with Gasteiger partial charge in [0, 0.05) is 11.1 Å². The quantitative estimate of drug-likeness (QED) is 0.820. The Bertz CT molecular complexity index is 341. The highest BCUT2D eigenvalue weighted by atomic mass is 32.2. The van der Waals surface area contributed by atoms with E-state index in [0.717, 1.165) is 12.3 Å². The van der Waals surface area contributed by atoms with E-state index in [1.165, 1.54) is 11.8 Å². The molecule has 1 rings (SSSR count). The maximum absolute atomic E-state index is 12.3.